The Balaban J connectivity index is 2.16. The van der Waals surface area contributed by atoms with E-state index in [0.29, 0.717) is 23.0 Å². The molecule has 0 saturated carbocycles. The molecule has 26 heavy (non-hydrogen) atoms. The molecule has 0 bridgehead atoms. The summed E-state index contributed by atoms with van der Waals surface area (Å²) in [7, 11) is 0. The molecule has 0 atom stereocenters. The molecule has 0 aliphatic rings. The summed E-state index contributed by atoms with van der Waals surface area (Å²) < 4.78 is 2.19. The molecule has 0 aliphatic carbocycles. The van der Waals surface area contributed by atoms with Crippen molar-refractivity contribution in [1.29, 1.82) is 0 Å². The van der Waals surface area contributed by atoms with Crippen molar-refractivity contribution in [3.05, 3.63) is 69.3 Å². The van der Waals surface area contributed by atoms with Gasteiger partial charge in [0.1, 0.15) is 0 Å². The Morgan fingerprint density at radius 3 is 2.31 bits per heavy atom. The molecule has 0 unspecified atom stereocenters. The second-order valence-electron chi connectivity index (χ2n) is 7.31. The van der Waals surface area contributed by atoms with Crippen molar-refractivity contribution >= 4 is 40.1 Å². The monoisotopic (exact) mass is 389 g/mol. The van der Waals surface area contributed by atoms with Crippen LogP contribution in [0.5, 0.6) is 0 Å². The molecule has 0 spiro atoms. The van der Waals surface area contributed by atoms with Crippen molar-refractivity contribution in [2.24, 2.45) is 5.41 Å². The first-order valence-electron chi connectivity index (χ1n) is 8.44. The van der Waals surface area contributed by atoms with E-state index in [1.165, 1.54) is 0 Å². The molecule has 0 fully saturated rings. The van der Waals surface area contributed by atoms with Crippen molar-refractivity contribution in [2.75, 3.05) is 0 Å². The summed E-state index contributed by atoms with van der Waals surface area (Å²) in [4.78, 5) is 11.7. The van der Waals surface area contributed by atoms with E-state index in [9.17, 15) is 9.90 Å². The van der Waals surface area contributed by atoms with Crippen LogP contribution in [-0.2, 0) is 17.8 Å². The fourth-order valence-corrected chi connectivity index (χ4v) is 3.52. The molecule has 0 aliphatic heterocycles. The van der Waals surface area contributed by atoms with Crippen LogP contribution >= 0.6 is 23.2 Å². The number of aryl methyl sites for hydroxylation is 1. The van der Waals surface area contributed by atoms with Gasteiger partial charge in [-0.05, 0) is 62.2 Å². The lowest BCUT2D eigenvalue weighted by Crippen LogP contribution is -2.27. The molecule has 1 heterocycles. The SMILES string of the molecule is Cc1c(CC(C)(C)C(=O)O)n(Cc2ccc(Cl)cc2)c2ccc(Cl)cc12. The minimum Gasteiger partial charge on any atom is -0.481 e. The van der Waals surface area contributed by atoms with Gasteiger partial charge in [0.25, 0.3) is 0 Å². The van der Waals surface area contributed by atoms with Crippen molar-refractivity contribution in [3.8, 4) is 0 Å². The number of aromatic nitrogens is 1. The quantitative estimate of drug-likeness (QED) is 0.584. The van der Waals surface area contributed by atoms with Crippen molar-refractivity contribution in [3.63, 3.8) is 0 Å². The highest BCUT2D eigenvalue weighted by Gasteiger charge is 2.30. The van der Waals surface area contributed by atoms with Gasteiger partial charge in [0.05, 0.1) is 5.41 Å². The predicted molar refractivity (Wildman–Crippen MR) is 107 cm³/mol. The van der Waals surface area contributed by atoms with Crippen LogP contribution in [0.15, 0.2) is 42.5 Å². The average molecular weight is 390 g/mol. The molecule has 0 saturated heterocycles. The standard InChI is InChI=1S/C21H21Cl2NO2/c1-13-17-10-16(23)8-9-18(17)24(12-14-4-6-15(22)7-5-14)19(13)11-21(2,3)20(25)26/h4-10H,11-12H2,1-3H3,(H,25,26). The molecule has 1 aromatic heterocycles. The number of carbonyl (C=O) groups is 1. The van der Waals surface area contributed by atoms with Gasteiger partial charge in [0.2, 0.25) is 0 Å². The van der Waals surface area contributed by atoms with Crippen molar-refractivity contribution in [1.82, 2.24) is 4.57 Å². The number of nitrogens with zero attached hydrogens (tertiary/aromatic N) is 1. The highest BCUT2D eigenvalue weighted by Crippen LogP contribution is 2.33. The van der Waals surface area contributed by atoms with E-state index in [2.05, 4.69) is 4.57 Å². The lowest BCUT2D eigenvalue weighted by Gasteiger charge is -2.21. The van der Waals surface area contributed by atoms with Gasteiger partial charge in [-0.3, -0.25) is 4.79 Å². The lowest BCUT2D eigenvalue weighted by atomic mass is 9.87. The van der Waals surface area contributed by atoms with Gasteiger partial charge in [-0.1, -0.05) is 35.3 Å². The van der Waals surface area contributed by atoms with Crippen LogP contribution in [0.25, 0.3) is 10.9 Å². The largest absolute Gasteiger partial charge is 0.481 e. The Morgan fingerprint density at radius 1 is 1.08 bits per heavy atom. The Morgan fingerprint density at radius 2 is 1.69 bits per heavy atom. The topological polar surface area (TPSA) is 42.2 Å². The van der Waals surface area contributed by atoms with Crippen LogP contribution in [0.4, 0.5) is 0 Å². The molecule has 3 nitrogen and oxygen atoms in total. The Kier molecular flexibility index (Phi) is 5.05. The van der Waals surface area contributed by atoms with Gasteiger partial charge in [-0.25, -0.2) is 0 Å². The first kappa shape index (κ1) is 18.8. The van der Waals surface area contributed by atoms with Gasteiger partial charge in [-0.2, -0.15) is 0 Å². The third-order valence-corrected chi connectivity index (χ3v) is 5.34. The number of rotatable bonds is 5. The Bertz CT molecular complexity index is 972. The fourth-order valence-electron chi connectivity index (χ4n) is 3.22. The normalized spacial score (nSPS) is 11.9. The highest BCUT2D eigenvalue weighted by molar-refractivity contribution is 6.31. The Hall–Kier alpha value is -1.97. The summed E-state index contributed by atoms with van der Waals surface area (Å²) in [5.74, 6) is -0.807. The van der Waals surface area contributed by atoms with Crippen molar-refractivity contribution in [2.45, 2.75) is 33.7 Å². The van der Waals surface area contributed by atoms with Gasteiger partial charge in [0.15, 0.2) is 0 Å². The third kappa shape index (κ3) is 3.60. The molecular weight excluding hydrogens is 369 g/mol. The van der Waals surface area contributed by atoms with E-state index in [1.807, 2.05) is 49.4 Å². The summed E-state index contributed by atoms with van der Waals surface area (Å²) >= 11 is 12.2. The molecule has 3 aromatic rings. The predicted octanol–water partition coefficient (Wildman–Crippen LogP) is 5.96. The molecule has 136 valence electrons. The smallest absolute Gasteiger partial charge is 0.309 e. The number of hydrogen-bond donors (Lipinski definition) is 1. The van der Waals surface area contributed by atoms with Crippen molar-refractivity contribution < 1.29 is 9.90 Å². The minimum absolute atomic E-state index is 0.439. The van der Waals surface area contributed by atoms with Crippen LogP contribution < -0.4 is 0 Å². The van der Waals surface area contributed by atoms with Crippen LogP contribution in [-0.4, -0.2) is 15.6 Å². The van der Waals surface area contributed by atoms with Crippen LogP contribution in [0.3, 0.4) is 0 Å². The maximum Gasteiger partial charge on any atom is 0.309 e. The second-order valence-corrected chi connectivity index (χ2v) is 8.18. The maximum atomic E-state index is 11.7. The number of aliphatic carboxylic acids is 1. The third-order valence-electron chi connectivity index (χ3n) is 4.85. The number of hydrogen-bond acceptors (Lipinski definition) is 1. The average Bonchev–Trinajstić information content (AvgIpc) is 2.81. The summed E-state index contributed by atoms with van der Waals surface area (Å²) in [6.45, 7) is 6.19. The van der Waals surface area contributed by atoms with Crippen LogP contribution in [0.2, 0.25) is 10.0 Å². The van der Waals surface area contributed by atoms with E-state index in [4.69, 9.17) is 23.2 Å². The molecule has 5 heteroatoms. The van der Waals surface area contributed by atoms with E-state index in [-0.39, 0.29) is 0 Å². The summed E-state index contributed by atoms with van der Waals surface area (Å²) in [5.41, 5.74) is 3.39. The summed E-state index contributed by atoms with van der Waals surface area (Å²) in [5, 5.41) is 12.0. The van der Waals surface area contributed by atoms with Crippen LogP contribution in [0.1, 0.15) is 30.7 Å². The minimum atomic E-state index is -0.860. The number of carboxylic acids is 1. The number of fused-ring (bicyclic) bond motifs is 1. The van der Waals surface area contributed by atoms with Crippen LogP contribution in [0, 0.1) is 12.3 Å². The van der Waals surface area contributed by atoms with E-state index in [1.54, 1.807) is 13.8 Å². The molecule has 2 aromatic carbocycles. The summed E-state index contributed by atoms with van der Waals surface area (Å²) in [6, 6.07) is 13.5. The van der Waals surface area contributed by atoms with Gasteiger partial charge < -0.3 is 9.67 Å². The first-order valence-corrected chi connectivity index (χ1v) is 9.20. The van der Waals surface area contributed by atoms with E-state index in [0.717, 1.165) is 27.7 Å². The number of halogens is 2. The zero-order valence-corrected chi connectivity index (χ0v) is 16.5. The molecular formula is C21H21Cl2NO2. The molecule has 0 amide bonds. The fraction of sp³-hybridized carbons (Fsp3) is 0.286. The highest BCUT2D eigenvalue weighted by atomic mass is 35.5. The molecule has 0 radical (unpaired) electrons. The van der Waals surface area contributed by atoms with Gasteiger partial charge >= 0.3 is 5.97 Å². The number of carboxylic acid groups (broad SMARTS) is 1. The molecule has 1 N–H and O–H groups in total. The van der Waals surface area contributed by atoms with Gasteiger partial charge in [-0.15, -0.1) is 0 Å². The lowest BCUT2D eigenvalue weighted by molar-refractivity contribution is -0.146. The molecule has 3 rings (SSSR count). The summed E-state index contributed by atoms with van der Waals surface area (Å²) in [6.07, 6.45) is 0.439. The van der Waals surface area contributed by atoms with E-state index >= 15 is 0 Å². The van der Waals surface area contributed by atoms with Gasteiger partial charge in [0, 0.05) is 39.6 Å². The maximum absolute atomic E-state index is 11.7. The second kappa shape index (κ2) is 6.98. The number of benzene rings is 2. The zero-order chi connectivity index (χ0) is 19.1. The zero-order valence-electron chi connectivity index (χ0n) is 15.0. The first-order chi connectivity index (χ1) is 12.2. The Labute approximate surface area is 163 Å². The van der Waals surface area contributed by atoms with E-state index < -0.39 is 11.4 Å².